The topological polar surface area (TPSA) is 104 Å². The van der Waals surface area contributed by atoms with Gasteiger partial charge in [-0.15, -0.1) is 5.10 Å². The average Bonchev–Trinajstić information content (AvgIpc) is 1.83. The van der Waals surface area contributed by atoms with Gasteiger partial charge in [0.05, 0.1) is 11.9 Å². The summed E-state index contributed by atoms with van der Waals surface area (Å²) in [6.07, 6.45) is 1.35. The number of nitrogen functional groups attached to an aromatic ring is 3. The molecular weight excluding hydrogens is 118 g/mol. The number of anilines is 3. The van der Waals surface area contributed by atoms with Crippen molar-refractivity contribution in [2.24, 2.45) is 0 Å². The zero-order valence-electron chi connectivity index (χ0n) is 4.70. The molecule has 0 atom stereocenters. The van der Waals surface area contributed by atoms with Crippen molar-refractivity contribution in [3.63, 3.8) is 0 Å². The first-order chi connectivity index (χ1) is 4.22. The van der Waals surface area contributed by atoms with Gasteiger partial charge in [-0.3, -0.25) is 0 Å². The molecule has 5 heteroatoms. The summed E-state index contributed by atoms with van der Waals surface area (Å²) in [5.41, 5.74) is 16.5. The Morgan fingerprint density at radius 2 is 1.89 bits per heavy atom. The molecule has 1 aromatic rings. The number of hydrogen-bond donors (Lipinski definition) is 3. The van der Waals surface area contributed by atoms with Crippen LogP contribution in [-0.4, -0.2) is 10.2 Å². The quantitative estimate of drug-likeness (QED) is 0.422. The van der Waals surface area contributed by atoms with Crippen LogP contribution in [0.1, 0.15) is 0 Å². The molecule has 0 amide bonds. The Kier molecular flexibility index (Phi) is 1.11. The van der Waals surface area contributed by atoms with Crippen LogP contribution in [0.25, 0.3) is 0 Å². The van der Waals surface area contributed by atoms with Gasteiger partial charge >= 0.3 is 0 Å². The van der Waals surface area contributed by atoms with Gasteiger partial charge in [0, 0.05) is 0 Å². The highest BCUT2D eigenvalue weighted by Gasteiger charge is 1.97. The van der Waals surface area contributed by atoms with Crippen molar-refractivity contribution >= 4 is 17.2 Å². The monoisotopic (exact) mass is 125 g/mol. The summed E-state index contributed by atoms with van der Waals surface area (Å²) in [7, 11) is 0. The van der Waals surface area contributed by atoms with Gasteiger partial charge in [-0.05, 0) is 0 Å². The van der Waals surface area contributed by atoms with Gasteiger partial charge in [-0.2, -0.15) is 5.10 Å². The fourth-order valence-corrected chi connectivity index (χ4v) is 0.425. The summed E-state index contributed by atoms with van der Waals surface area (Å²) in [5.74, 6) is 0.176. The molecule has 0 spiro atoms. The minimum absolute atomic E-state index is 0.176. The van der Waals surface area contributed by atoms with Crippen LogP contribution in [0.3, 0.4) is 0 Å². The first-order valence-electron chi connectivity index (χ1n) is 2.34. The third-order valence-corrected chi connectivity index (χ3v) is 0.949. The average molecular weight is 125 g/mol. The zero-order valence-corrected chi connectivity index (χ0v) is 4.70. The van der Waals surface area contributed by atoms with Crippen LogP contribution < -0.4 is 17.2 Å². The molecule has 1 rings (SSSR count). The Morgan fingerprint density at radius 1 is 1.22 bits per heavy atom. The summed E-state index contributed by atoms with van der Waals surface area (Å²) in [4.78, 5) is 0. The van der Waals surface area contributed by atoms with Gasteiger partial charge in [0.25, 0.3) is 0 Å². The fourth-order valence-electron chi connectivity index (χ4n) is 0.425. The van der Waals surface area contributed by atoms with Crippen LogP contribution in [0.2, 0.25) is 0 Å². The van der Waals surface area contributed by atoms with Crippen molar-refractivity contribution in [3.8, 4) is 0 Å². The Morgan fingerprint density at radius 3 is 2.33 bits per heavy atom. The number of aromatic nitrogens is 2. The van der Waals surface area contributed by atoms with E-state index in [9.17, 15) is 0 Å². The van der Waals surface area contributed by atoms with E-state index in [1.165, 1.54) is 6.20 Å². The molecule has 5 nitrogen and oxygen atoms in total. The van der Waals surface area contributed by atoms with E-state index in [0.29, 0.717) is 11.4 Å². The van der Waals surface area contributed by atoms with Crippen LogP contribution in [0.5, 0.6) is 0 Å². The molecule has 0 aromatic carbocycles. The highest BCUT2D eigenvalue weighted by molar-refractivity contribution is 5.72. The van der Waals surface area contributed by atoms with Crippen LogP contribution in [-0.2, 0) is 0 Å². The second kappa shape index (κ2) is 1.77. The maximum absolute atomic E-state index is 5.33. The molecule has 0 aliphatic heterocycles. The van der Waals surface area contributed by atoms with Crippen LogP contribution in [0, 0.1) is 0 Å². The van der Waals surface area contributed by atoms with E-state index >= 15 is 0 Å². The lowest BCUT2D eigenvalue weighted by Crippen LogP contribution is -2.03. The molecule has 0 saturated carbocycles. The first-order valence-corrected chi connectivity index (χ1v) is 2.34. The highest BCUT2D eigenvalue weighted by Crippen LogP contribution is 2.15. The predicted octanol–water partition coefficient (Wildman–Crippen LogP) is -0.777. The third kappa shape index (κ3) is 0.835. The summed E-state index contributed by atoms with van der Waals surface area (Å²) < 4.78 is 0. The molecule has 6 N–H and O–H groups in total. The summed E-state index contributed by atoms with van der Waals surface area (Å²) in [6, 6.07) is 0. The molecule has 0 aliphatic carbocycles. The second-order valence-electron chi connectivity index (χ2n) is 1.60. The van der Waals surface area contributed by atoms with Crippen molar-refractivity contribution in [3.05, 3.63) is 6.20 Å². The van der Waals surface area contributed by atoms with E-state index in [1.807, 2.05) is 0 Å². The van der Waals surface area contributed by atoms with E-state index in [1.54, 1.807) is 0 Å². The minimum atomic E-state index is 0.176. The fraction of sp³-hybridized carbons (Fsp3) is 0. The SMILES string of the molecule is Nc1cnnc(N)c1N. The smallest absolute Gasteiger partial charge is 0.171 e. The van der Waals surface area contributed by atoms with Crippen LogP contribution in [0.15, 0.2) is 6.20 Å². The normalized spacial score (nSPS) is 9.33. The van der Waals surface area contributed by atoms with Crippen molar-refractivity contribution in [1.82, 2.24) is 10.2 Å². The Balaban J connectivity index is 3.25. The number of rotatable bonds is 0. The molecule has 48 valence electrons. The van der Waals surface area contributed by atoms with E-state index in [0.717, 1.165) is 0 Å². The lowest BCUT2D eigenvalue weighted by Gasteiger charge is -1.98. The van der Waals surface area contributed by atoms with Gasteiger partial charge in [0.1, 0.15) is 5.69 Å². The van der Waals surface area contributed by atoms with Gasteiger partial charge in [0.2, 0.25) is 0 Å². The maximum Gasteiger partial charge on any atom is 0.171 e. The Bertz CT molecular complexity index is 200. The van der Waals surface area contributed by atoms with Gasteiger partial charge in [-0.25, -0.2) is 0 Å². The predicted molar refractivity (Wildman–Crippen MR) is 35.3 cm³/mol. The molecule has 0 bridgehead atoms. The number of nitrogens with two attached hydrogens (primary N) is 3. The minimum Gasteiger partial charge on any atom is -0.396 e. The van der Waals surface area contributed by atoms with E-state index < -0.39 is 0 Å². The highest BCUT2D eigenvalue weighted by atomic mass is 15.1. The van der Waals surface area contributed by atoms with Crippen LogP contribution in [0.4, 0.5) is 17.2 Å². The number of nitrogens with zero attached hydrogens (tertiary/aromatic N) is 2. The van der Waals surface area contributed by atoms with Crippen molar-refractivity contribution in [2.75, 3.05) is 17.2 Å². The third-order valence-electron chi connectivity index (χ3n) is 0.949. The largest absolute Gasteiger partial charge is 0.396 e. The molecule has 1 aromatic heterocycles. The summed E-state index contributed by atoms with van der Waals surface area (Å²) >= 11 is 0. The molecular formula is C4H7N5. The number of hydrogen-bond acceptors (Lipinski definition) is 5. The van der Waals surface area contributed by atoms with Crippen LogP contribution >= 0.6 is 0 Å². The first kappa shape index (κ1) is 5.61. The molecule has 0 radical (unpaired) electrons. The molecule has 0 fully saturated rings. The molecule has 9 heavy (non-hydrogen) atoms. The second-order valence-corrected chi connectivity index (χ2v) is 1.60. The van der Waals surface area contributed by atoms with Crippen molar-refractivity contribution in [1.29, 1.82) is 0 Å². The van der Waals surface area contributed by atoms with Gasteiger partial charge in [0.15, 0.2) is 5.82 Å². The molecule has 0 aliphatic rings. The molecule has 0 unspecified atom stereocenters. The van der Waals surface area contributed by atoms with E-state index in [-0.39, 0.29) is 5.82 Å². The molecule has 1 heterocycles. The van der Waals surface area contributed by atoms with Gasteiger partial charge < -0.3 is 17.2 Å². The van der Waals surface area contributed by atoms with Crippen molar-refractivity contribution in [2.45, 2.75) is 0 Å². The maximum atomic E-state index is 5.33. The zero-order chi connectivity index (χ0) is 6.85. The Labute approximate surface area is 51.9 Å². The molecule has 0 saturated heterocycles. The lowest BCUT2D eigenvalue weighted by molar-refractivity contribution is 1.05. The van der Waals surface area contributed by atoms with E-state index in [2.05, 4.69) is 10.2 Å². The van der Waals surface area contributed by atoms with Crippen molar-refractivity contribution < 1.29 is 0 Å². The summed E-state index contributed by atoms with van der Waals surface area (Å²) in [6.45, 7) is 0. The van der Waals surface area contributed by atoms with Gasteiger partial charge in [-0.1, -0.05) is 0 Å². The summed E-state index contributed by atoms with van der Waals surface area (Å²) in [5, 5.41) is 6.93. The Hall–Kier alpha value is -1.52. The lowest BCUT2D eigenvalue weighted by atomic mass is 10.4. The standard InChI is InChI=1S/C4H7N5/c5-2-1-8-9-4(7)3(2)6/h1H,(H2,6,8)(H4,5,7,9). The van der Waals surface area contributed by atoms with E-state index in [4.69, 9.17) is 17.2 Å².